The Morgan fingerprint density at radius 2 is 1.77 bits per heavy atom. The van der Waals surface area contributed by atoms with Crippen LogP contribution in [0.1, 0.15) is 69.5 Å². The summed E-state index contributed by atoms with van der Waals surface area (Å²) in [5.41, 5.74) is 4.05. The number of aliphatic imine (C=N–C) groups is 1. The van der Waals surface area contributed by atoms with Crippen LogP contribution in [-0.4, -0.2) is 59.2 Å². The maximum atomic E-state index is 14.3. The van der Waals surface area contributed by atoms with Crippen LogP contribution in [-0.2, 0) is 16.1 Å². The number of hydrogen-bond acceptors (Lipinski definition) is 6. The van der Waals surface area contributed by atoms with Gasteiger partial charge < -0.3 is 5.32 Å². The largest absolute Gasteiger partial charge is 0.368 e. The van der Waals surface area contributed by atoms with E-state index in [-0.39, 0.29) is 41.9 Å². The molecule has 7 heteroatoms. The highest BCUT2D eigenvalue weighted by Gasteiger charge is 2.54. The highest BCUT2D eigenvalue weighted by Crippen LogP contribution is 2.43. The Labute approximate surface area is 257 Å². The summed E-state index contributed by atoms with van der Waals surface area (Å²) >= 11 is 0. The number of hydrazine groups is 1. The number of nitrogens with zero attached hydrogens (tertiary/aromatic N) is 4. The van der Waals surface area contributed by atoms with Crippen molar-refractivity contribution in [1.82, 2.24) is 14.9 Å². The van der Waals surface area contributed by atoms with Crippen molar-refractivity contribution in [3.05, 3.63) is 90.0 Å². The fraction of sp³-hybridized carbons (Fsp3) is 0.472. The van der Waals surface area contributed by atoms with E-state index in [9.17, 15) is 9.59 Å². The highest BCUT2D eigenvalue weighted by atomic mass is 16.2. The molecule has 1 aliphatic carbocycles. The molecule has 1 saturated carbocycles. The van der Waals surface area contributed by atoms with Crippen LogP contribution < -0.4 is 5.32 Å². The molecule has 43 heavy (non-hydrogen) atoms. The van der Waals surface area contributed by atoms with E-state index in [2.05, 4.69) is 77.8 Å². The Hall–Kier alpha value is -3.55. The van der Waals surface area contributed by atoms with Crippen LogP contribution in [0.3, 0.4) is 0 Å². The van der Waals surface area contributed by atoms with Crippen LogP contribution in [0.25, 0.3) is 0 Å². The van der Waals surface area contributed by atoms with Crippen LogP contribution >= 0.6 is 0 Å². The number of carbonyl (C=O) groups excluding carboxylic acids is 2. The van der Waals surface area contributed by atoms with Crippen molar-refractivity contribution in [1.29, 1.82) is 0 Å². The summed E-state index contributed by atoms with van der Waals surface area (Å²) in [6.45, 7) is 13.6. The summed E-state index contributed by atoms with van der Waals surface area (Å²) in [7, 11) is 1.66. The molecule has 7 nitrogen and oxygen atoms in total. The van der Waals surface area contributed by atoms with Gasteiger partial charge in [-0.3, -0.25) is 19.5 Å². The number of fused-ring (bicyclic) bond motifs is 1. The number of nitrogens with one attached hydrogen (secondary N) is 1. The molecule has 5 rings (SSSR count). The van der Waals surface area contributed by atoms with Gasteiger partial charge in [-0.15, -0.1) is 6.58 Å². The number of para-hydroxylation sites is 1. The average molecular weight is 582 g/mol. The molecule has 2 fully saturated rings. The lowest BCUT2D eigenvalue weighted by molar-refractivity contribution is -0.143. The minimum absolute atomic E-state index is 0.0964. The van der Waals surface area contributed by atoms with Crippen molar-refractivity contribution < 1.29 is 9.59 Å². The molecule has 0 aromatic heterocycles. The van der Waals surface area contributed by atoms with Crippen LogP contribution in [0.15, 0.2) is 83.9 Å². The second kappa shape index (κ2) is 13.8. The van der Waals surface area contributed by atoms with Crippen molar-refractivity contribution in [2.45, 2.75) is 77.2 Å². The summed E-state index contributed by atoms with van der Waals surface area (Å²) in [6, 6.07) is 18.6. The lowest BCUT2D eigenvalue weighted by Gasteiger charge is -2.35. The molecule has 2 aromatic rings. The van der Waals surface area contributed by atoms with Gasteiger partial charge in [0.1, 0.15) is 6.17 Å². The maximum Gasteiger partial charge on any atom is 0.256 e. The van der Waals surface area contributed by atoms with Crippen molar-refractivity contribution in [3.63, 3.8) is 0 Å². The van der Waals surface area contributed by atoms with Gasteiger partial charge >= 0.3 is 0 Å². The van der Waals surface area contributed by atoms with Crippen LogP contribution in [0.4, 0.5) is 5.69 Å². The van der Waals surface area contributed by atoms with Gasteiger partial charge in [-0.25, -0.2) is 10.0 Å². The summed E-state index contributed by atoms with van der Waals surface area (Å²) in [5.74, 6) is -0.404. The molecule has 2 aliphatic heterocycles. The van der Waals surface area contributed by atoms with Crippen molar-refractivity contribution in [2.75, 3.05) is 18.9 Å². The monoisotopic (exact) mass is 581 g/mol. The quantitative estimate of drug-likeness (QED) is 0.173. The van der Waals surface area contributed by atoms with Crippen molar-refractivity contribution in [3.8, 4) is 0 Å². The van der Waals surface area contributed by atoms with E-state index < -0.39 is 5.92 Å². The maximum absolute atomic E-state index is 14.3. The summed E-state index contributed by atoms with van der Waals surface area (Å²) in [5, 5.41) is 8.37. The molecule has 1 N–H and O–H groups in total. The van der Waals surface area contributed by atoms with Crippen molar-refractivity contribution in [2.24, 2.45) is 22.7 Å². The van der Waals surface area contributed by atoms with Gasteiger partial charge in [0.2, 0.25) is 5.91 Å². The predicted molar refractivity (Wildman–Crippen MR) is 174 cm³/mol. The first-order valence-corrected chi connectivity index (χ1v) is 16.0. The van der Waals surface area contributed by atoms with Crippen LogP contribution in [0.5, 0.6) is 0 Å². The second-order valence-electron chi connectivity index (χ2n) is 12.2. The number of benzene rings is 2. The fourth-order valence-electron chi connectivity index (χ4n) is 7.31. The van der Waals surface area contributed by atoms with E-state index in [1.54, 1.807) is 7.05 Å². The predicted octanol–water partition coefficient (Wildman–Crippen LogP) is 6.62. The molecular weight excluding hydrogens is 534 g/mol. The summed E-state index contributed by atoms with van der Waals surface area (Å²) in [6.07, 6.45) is 9.79. The molecule has 3 aliphatic rings. The fourth-order valence-corrected chi connectivity index (χ4v) is 7.31. The number of carbonyl (C=O) groups is 2. The first-order chi connectivity index (χ1) is 20.9. The van der Waals surface area contributed by atoms with E-state index >= 15 is 0 Å². The minimum Gasteiger partial charge on any atom is -0.368 e. The normalized spacial score (nSPS) is 27.0. The Kier molecular flexibility index (Phi) is 9.93. The zero-order valence-electron chi connectivity index (χ0n) is 26.0. The average Bonchev–Trinajstić information content (AvgIpc) is 3.59. The smallest absolute Gasteiger partial charge is 0.256 e. The van der Waals surface area contributed by atoms with Gasteiger partial charge in [-0.2, -0.15) is 0 Å². The molecule has 2 aromatic carbocycles. The number of rotatable bonds is 12. The molecule has 2 heterocycles. The standard InChI is InChI=1S/C36H47N5O2/c1-6-13-31(37-4)27-20-18-25(19-21-27)24-41-34(38-28-15-10-9-11-16-28)33-32(40(41)22-7-2)23-30(35(42)39(5)36(33)43)29-17-12-14-26(29)8-3/h8-11,15-16,18-21,23,26,29,31-34,38H,3-4,6-7,12-14,17,22,24H2,1-2,5H3. The molecule has 1 saturated heterocycles. The third-order valence-corrected chi connectivity index (χ3v) is 9.53. The van der Waals surface area contributed by atoms with E-state index in [0.29, 0.717) is 6.54 Å². The number of hydrogen-bond donors (Lipinski definition) is 1. The molecule has 228 valence electrons. The Balaban J connectivity index is 1.56. The first kappa shape index (κ1) is 30.9. The Bertz CT molecular complexity index is 1320. The van der Waals surface area contributed by atoms with Gasteiger partial charge in [0.05, 0.1) is 18.0 Å². The SMILES string of the molecule is C=CC1CCCC1C1=CC2C(C(=O)N(C)C1=O)C(Nc1ccccc1)N(Cc1ccc(C(CCC)N=C)cc1)N2CCC. The molecule has 6 atom stereocenters. The second-order valence-corrected chi connectivity index (χ2v) is 12.2. The number of allylic oxidation sites excluding steroid dienone is 1. The Morgan fingerprint density at radius 1 is 1.02 bits per heavy atom. The van der Waals surface area contributed by atoms with Gasteiger partial charge in [-0.1, -0.05) is 81.3 Å². The minimum atomic E-state index is -0.458. The topological polar surface area (TPSA) is 68.2 Å². The molecule has 0 bridgehead atoms. The van der Waals surface area contributed by atoms with E-state index in [1.807, 2.05) is 36.4 Å². The zero-order valence-corrected chi connectivity index (χ0v) is 26.0. The van der Waals surface area contributed by atoms with Gasteiger partial charge in [-0.05, 0) is 67.5 Å². The van der Waals surface area contributed by atoms with Crippen molar-refractivity contribution >= 4 is 24.2 Å². The molecule has 2 amide bonds. The van der Waals surface area contributed by atoms with Gasteiger partial charge in [0, 0.05) is 31.4 Å². The summed E-state index contributed by atoms with van der Waals surface area (Å²) < 4.78 is 0. The Morgan fingerprint density at radius 3 is 2.42 bits per heavy atom. The van der Waals surface area contributed by atoms with Crippen LogP contribution in [0.2, 0.25) is 0 Å². The third-order valence-electron chi connectivity index (χ3n) is 9.53. The molecular formula is C36H47N5O2. The van der Waals surface area contributed by atoms with E-state index in [0.717, 1.165) is 61.9 Å². The molecule has 6 unspecified atom stereocenters. The zero-order chi connectivity index (χ0) is 30.5. The number of imide groups is 1. The lowest BCUT2D eigenvalue weighted by Crippen LogP contribution is -2.48. The first-order valence-electron chi connectivity index (χ1n) is 16.0. The van der Waals surface area contributed by atoms with Gasteiger partial charge in [0.15, 0.2) is 0 Å². The van der Waals surface area contributed by atoms with Gasteiger partial charge in [0.25, 0.3) is 5.91 Å². The van der Waals surface area contributed by atoms with Crippen LogP contribution in [0, 0.1) is 17.8 Å². The third kappa shape index (κ3) is 6.24. The van der Waals surface area contributed by atoms with E-state index in [4.69, 9.17) is 0 Å². The summed E-state index contributed by atoms with van der Waals surface area (Å²) in [4.78, 5) is 33.8. The molecule has 0 radical (unpaired) electrons. The molecule has 0 spiro atoms. The highest BCUT2D eigenvalue weighted by molar-refractivity contribution is 6.06. The number of likely N-dealkylation sites (N-methyl/N-ethyl adjacent to an activating group) is 1. The lowest BCUT2D eigenvalue weighted by atomic mass is 9.86. The van der Waals surface area contributed by atoms with E-state index in [1.165, 1.54) is 10.5 Å². The number of amides is 2. The number of anilines is 1.